The van der Waals surface area contributed by atoms with Crippen molar-refractivity contribution in [1.29, 1.82) is 0 Å². The van der Waals surface area contributed by atoms with Crippen LogP contribution in [0, 0.1) is 0 Å². The molecular weight excluding hydrogens is 121 g/mol. The minimum atomic E-state index is 0.749. The van der Waals surface area contributed by atoms with Crippen molar-refractivity contribution in [3.8, 4) is 0 Å². The third kappa shape index (κ3) is 3.18. The van der Waals surface area contributed by atoms with Crippen molar-refractivity contribution in [3.63, 3.8) is 0 Å². The maximum Gasteiger partial charge on any atom is 0.113 e. The zero-order chi connectivity index (χ0) is 7.98. The van der Waals surface area contributed by atoms with Crippen molar-refractivity contribution in [3.05, 3.63) is 24.3 Å². The summed E-state index contributed by atoms with van der Waals surface area (Å²) in [5.41, 5.74) is 6.87. The third-order valence-electron chi connectivity index (χ3n) is 0.936. The van der Waals surface area contributed by atoms with Crippen molar-refractivity contribution >= 4 is 19.0 Å². The average Bonchev–Trinajstić information content (AvgIpc) is 2.00. The van der Waals surface area contributed by atoms with Crippen molar-refractivity contribution in [2.45, 2.75) is 13.8 Å². The first-order valence-corrected chi connectivity index (χ1v) is 3.40. The Morgan fingerprint density at radius 2 is 1.50 bits per heavy atom. The van der Waals surface area contributed by atoms with E-state index >= 15 is 0 Å². The van der Waals surface area contributed by atoms with Gasteiger partial charge in [0.05, 0.1) is 0 Å². The molecule has 1 aromatic carbocycles. The predicted molar refractivity (Wildman–Crippen MR) is 47.6 cm³/mol. The van der Waals surface area contributed by atoms with E-state index < -0.39 is 0 Å². The van der Waals surface area contributed by atoms with E-state index in [2.05, 4.69) is 0 Å². The van der Waals surface area contributed by atoms with Gasteiger partial charge in [0, 0.05) is 5.69 Å². The first kappa shape index (κ1) is 9.08. The Bertz CT molecular complexity index is 148. The largest absolute Gasteiger partial charge is 0.399 e. The van der Waals surface area contributed by atoms with Gasteiger partial charge in [0.2, 0.25) is 0 Å². The van der Waals surface area contributed by atoms with E-state index in [1.165, 1.54) is 0 Å². The van der Waals surface area contributed by atoms with Crippen molar-refractivity contribution in [2.75, 3.05) is 5.73 Å². The lowest BCUT2D eigenvalue weighted by molar-refractivity contribution is 1.50. The first-order chi connectivity index (χ1) is 4.79. The lowest BCUT2D eigenvalue weighted by Crippen LogP contribution is -1.99. The maximum absolute atomic E-state index is 5.37. The number of nitrogen functional groups attached to an aromatic ring is 1. The Morgan fingerprint density at radius 1 is 1.10 bits per heavy atom. The zero-order valence-corrected chi connectivity index (χ0v) is 6.46. The Morgan fingerprint density at radius 3 is 1.80 bits per heavy atom. The predicted octanol–water partition coefficient (Wildman–Crippen LogP) is 1.09. The van der Waals surface area contributed by atoms with Gasteiger partial charge in [-0.15, -0.1) is 0 Å². The summed E-state index contributed by atoms with van der Waals surface area (Å²) in [7, 11) is 5.37. The van der Waals surface area contributed by atoms with E-state index in [9.17, 15) is 0 Å². The lowest BCUT2D eigenvalue weighted by Gasteiger charge is -1.90. The van der Waals surface area contributed by atoms with Gasteiger partial charge >= 0.3 is 0 Å². The Kier molecular flexibility index (Phi) is 4.47. The first-order valence-electron chi connectivity index (χ1n) is 3.40. The zero-order valence-electron chi connectivity index (χ0n) is 6.46. The molecule has 10 heavy (non-hydrogen) atoms. The summed E-state index contributed by atoms with van der Waals surface area (Å²) in [4.78, 5) is 0. The highest BCUT2D eigenvalue weighted by Crippen LogP contribution is 1.94. The molecule has 0 spiro atoms. The summed E-state index contributed by atoms with van der Waals surface area (Å²) in [5, 5.41) is 0. The minimum Gasteiger partial charge on any atom is -0.399 e. The van der Waals surface area contributed by atoms with Crippen molar-refractivity contribution in [2.24, 2.45) is 0 Å². The summed E-state index contributed by atoms with van der Waals surface area (Å²) in [6.45, 7) is 4.00. The minimum absolute atomic E-state index is 0.749. The van der Waals surface area contributed by atoms with Crippen LogP contribution < -0.4 is 11.2 Å². The number of hydrogen-bond acceptors (Lipinski definition) is 1. The molecule has 0 bridgehead atoms. The maximum atomic E-state index is 5.37. The fraction of sp³-hybridized carbons (Fsp3) is 0.250. The van der Waals surface area contributed by atoms with Crippen LogP contribution in [0.25, 0.3) is 0 Å². The molecule has 52 valence electrons. The Balaban J connectivity index is 0.000000371. The van der Waals surface area contributed by atoms with Crippen LogP contribution in [0.4, 0.5) is 5.69 Å². The number of anilines is 1. The summed E-state index contributed by atoms with van der Waals surface area (Å²) in [6, 6.07) is 7.09. The van der Waals surface area contributed by atoms with Crippen LogP contribution >= 0.6 is 0 Å². The second-order valence-electron chi connectivity index (χ2n) is 1.67. The van der Waals surface area contributed by atoms with Crippen molar-refractivity contribution in [1.82, 2.24) is 0 Å². The van der Waals surface area contributed by atoms with E-state index in [1.54, 1.807) is 24.3 Å². The van der Waals surface area contributed by atoms with Gasteiger partial charge in [-0.25, -0.2) is 0 Å². The van der Waals surface area contributed by atoms with Crippen LogP contribution in [-0.4, -0.2) is 7.85 Å². The molecule has 0 atom stereocenters. The highest BCUT2D eigenvalue weighted by atomic mass is 14.5. The van der Waals surface area contributed by atoms with Crippen LogP contribution in [-0.2, 0) is 0 Å². The third-order valence-corrected chi connectivity index (χ3v) is 0.936. The SMILES string of the molecule is CC.[B]c1ccc(N)cc1. The molecule has 0 unspecified atom stereocenters. The van der Waals surface area contributed by atoms with E-state index in [0.29, 0.717) is 0 Å². The summed E-state index contributed by atoms with van der Waals surface area (Å²) in [5.74, 6) is 0. The summed E-state index contributed by atoms with van der Waals surface area (Å²) in [6.07, 6.45) is 0. The monoisotopic (exact) mass is 133 g/mol. The average molecular weight is 133 g/mol. The van der Waals surface area contributed by atoms with Gasteiger partial charge in [-0.1, -0.05) is 31.4 Å². The van der Waals surface area contributed by atoms with Gasteiger partial charge < -0.3 is 5.73 Å². The van der Waals surface area contributed by atoms with Crippen LogP contribution in [0.1, 0.15) is 13.8 Å². The molecule has 0 heterocycles. The molecule has 1 aromatic rings. The summed E-state index contributed by atoms with van der Waals surface area (Å²) >= 11 is 0. The van der Waals surface area contributed by atoms with E-state index in [-0.39, 0.29) is 0 Å². The topological polar surface area (TPSA) is 26.0 Å². The van der Waals surface area contributed by atoms with E-state index in [1.807, 2.05) is 13.8 Å². The molecule has 1 rings (SSSR count). The molecule has 0 amide bonds. The van der Waals surface area contributed by atoms with Gasteiger partial charge in [-0.2, -0.15) is 0 Å². The molecular formula is C8H12BN. The van der Waals surface area contributed by atoms with Gasteiger partial charge in [-0.05, 0) is 12.1 Å². The fourth-order valence-corrected chi connectivity index (χ4v) is 0.496. The van der Waals surface area contributed by atoms with Crippen LogP contribution in [0.3, 0.4) is 0 Å². The van der Waals surface area contributed by atoms with Gasteiger partial charge in [0.15, 0.2) is 0 Å². The van der Waals surface area contributed by atoms with Crippen molar-refractivity contribution < 1.29 is 0 Å². The fourth-order valence-electron chi connectivity index (χ4n) is 0.496. The van der Waals surface area contributed by atoms with Gasteiger partial charge in [0.25, 0.3) is 0 Å². The second kappa shape index (κ2) is 4.92. The highest BCUT2D eigenvalue weighted by Gasteiger charge is 1.80. The molecule has 0 saturated carbocycles. The molecule has 1 nitrogen and oxygen atoms in total. The molecule has 2 radical (unpaired) electrons. The lowest BCUT2D eigenvalue weighted by atomic mass is 9.96. The quantitative estimate of drug-likeness (QED) is 0.416. The van der Waals surface area contributed by atoms with Crippen LogP contribution in [0.15, 0.2) is 24.3 Å². The number of nitrogens with two attached hydrogens (primary N) is 1. The molecule has 0 aromatic heterocycles. The van der Waals surface area contributed by atoms with E-state index in [4.69, 9.17) is 13.6 Å². The number of hydrogen-bond donors (Lipinski definition) is 1. The number of benzene rings is 1. The summed E-state index contributed by atoms with van der Waals surface area (Å²) < 4.78 is 0. The van der Waals surface area contributed by atoms with Gasteiger partial charge in [0.1, 0.15) is 7.85 Å². The number of rotatable bonds is 0. The molecule has 0 aliphatic heterocycles. The molecule has 0 aliphatic rings. The molecule has 2 heteroatoms. The van der Waals surface area contributed by atoms with E-state index in [0.717, 1.165) is 11.2 Å². The normalized spacial score (nSPS) is 7.80. The van der Waals surface area contributed by atoms with Gasteiger partial charge in [-0.3, -0.25) is 0 Å². The smallest absolute Gasteiger partial charge is 0.113 e. The Labute approximate surface area is 63.7 Å². The standard InChI is InChI=1S/C6H6BN.C2H6/c7-5-1-3-6(8)4-2-5;1-2/h1-4H,8H2;1-2H3. The van der Waals surface area contributed by atoms with Crippen LogP contribution in [0.5, 0.6) is 0 Å². The highest BCUT2D eigenvalue weighted by molar-refractivity contribution is 6.32. The van der Waals surface area contributed by atoms with Crippen LogP contribution in [0.2, 0.25) is 0 Å². The molecule has 0 aliphatic carbocycles. The molecule has 0 saturated heterocycles. The second-order valence-corrected chi connectivity index (χ2v) is 1.67. The Hall–Kier alpha value is -0.915. The molecule has 0 fully saturated rings. The molecule has 2 N–H and O–H groups in total.